The predicted octanol–water partition coefficient (Wildman–Crippen LogP) is 3.15. The van der Waals surface area contributed by atoms with Gasteiger partial charge in [-0.15, -0.1) is 0 Å². The fraction of sp³-hybridized carbons (Fsp3) is 0.800. The molecule has 0 aromatic carbocycles. The van der Waals surface area contributed by atoms with Gasteiger partial charge in [-0.1, -0.05) is 18.9 Å². The summed E-state index contributed by atoms with van der Waals surface area (Å²) < 4.78 is 4.91. The number of likely N-dealkylation sites (N-methyl/N-ethyl adjacent to an activating group) is 1. The lowest BCUT2D eigenvalue weighted by Crippen LogP contribution is -2.11. The van der Waals surface area contributed by atoms with E-state index in [0.717, 1.165) is 12.5 Å². The zero-order valence-electron chi connectivity index (χ0n) is 12.5. The molecule has 0 N–H and O–H groups in total. The number of hydrogen-bond acceptors (Lipinski definition) is 3. The fourth-order valence-electron chi connectivity index (χ4n) is 2.81. The van der Waals surface area contributed by atoms with Crippen LogP contribution in [0, 0.1) is 0 Å². The summed E-state index contributed by atoms with van der Waals surface area (Å²) in [5, 5.41) is 0. The number of allylic oxidation sites excluding steroid dienone is 1. The van der Waals surface area contributed by atoms with Gasteiger partial charge in [0.25, 0.3) is 0 Å². The maximum absolute atomic E-state index is 10.6. The summed E-state index contributed by atoms with van der Waals surface area (Å²) in [6.07, 6.45) is 6.84. The standard InChI is InChI=1S/C15H27NO2/c1-6-10-15(4)14(16(15)5)8-7-12(2)9-11-18-13(3)17/h9,14H,6-8,10-11H2,1-5H3. The second-order valence-corrected chi connectivity index (χ2v) is 5.63. The summed E-state index contributed by atoms with van der Waals surface area (Å²) in [6.45, 7) is 8.58. The molecule has 18 heavy (non-hydrogen) atoms. The first kappa shape index (κ1) is 15.2. The van der Waals surface area contributed by atoms with E-state index in [9.17, 15) is 4.79 Å². The van der Waals surface area contributed by atoms with Crippen LogP contribution in [-0.4, -0.2) is 36.1 Å². The van der Waals surface area contributed by atoms with E-state index in [4.69, 9.17) is 4.74 Å². The third-order valence-corrected chi connectivity index (χ3v) is 4.21. The van der Waals surface area contributed by atoms with Crippen LogP contribution in [0.5, 0.6) is 0 Å². The number of carbonyl (C=O) groups excluding carboxylic acids is 1. The molecular formula is C15H27NO2. The van der Waals surface area contributed by atoms with E-state index in [2.05, 4.69) is 32.7 Å². The minimum absolute atomic E-state index is 0.212. The van der Waals surface area contributed by atoms with Gasteiger partial charge < -0.3 is 4.74 Å². The summed E-state index contributed by atoms with van der Waals surface area (Å²) in [5.74, 6) is -0.212. The molecule has 3 atom stereocenters. The molecule has 0 aromatic heterocycles. The Bertz CT molecular complexity index is 324. The van der Waals surface area contributed by atoms with Crippen molar-refractivity contribution in [2.45, 2.75) is 65.0 Å². The molecule has 0 aromatic rings. The topological polar surface area (TPSA) is 29.3 Å². The summed E-state index contributed by atoms with van der Waals surface area (Å²) in [7, 11) is 2.22. The molecule has 3 unspecified atom stereocenters. The zero-order valence-corrected chi connectivity index (χ0v) is 12.5. The summed E-state index contributed by atoms with van der Waals surface area (Å²) in [4.78, 5) is 13.1. The Labute approximate surface area is 111 Å². The number of ether oxygens (including phenoxy) is 1. The summed E-state index contributed by atoms with van der Waals surface area (Å²) in [6, 6.07) is 0.717. The van der Waals surface area contributed by atoms with E-state index in [1.807, 2.05) is 6.08 Å². The van der Waals surface area contributed by atoms with Gasteiger partial charge in [0.2, 0.25) is 0 Å². The Morgan fingerprint density at radius 1 is 1.44 bits per heavy atom. The molecule has 3 heteroatoms. The quantitative estimate of drug-likeness (QED) is 0.396. The van der Waals surface area contributed by atoms with Crippen LogP contribution >= 0.6 is 0 Å². The normalized spacial score (nSPS) is 31.3. The van der Waals surface area contributed by atoms with Crippen LogP contribution in [0.2, 0.25) is 0 Å². The van der Waals surface area contributed by atoms with Gasteiger partial charge in [0, 0.05) is 18.5 Å². The SMILES string of the molecule is CCCC1(C)C(CCC(C)=CCOC(C)=O)N1C. The number of carbonyl (C=O) groups is 1. The maximum atomic E-state index is 10.6. The molecule has 0 bridgehead atoms. The first-order valence-corrected chi connectivity index (χ1v) is 6.93. The average Bonchev–Trinajstić information content (AvgIpc) is 2.78. The molecule has 1 saturated heterocycles. The Morgan fingerprint density at radius 2 is 2.11 bits per heavy atom. The van der Waals surface area contributed by atoms with Crippen molar-refractivity contribution in [3.63, 3.8) is 0 Å². The van der Waals surface area contributed by atoms with Crippen LogP contribution in [0.25, 0.3) is 0 Å². The lowest BCUT2D eigenvalue weighted by Gasteiger charge is -2.07. The van der Waals surface area contributed by atoms with Gasteiger partial charge in [0.05, 0.1) is 0 Å². The van der Waals surface area contributed by atoms with E-state index in [1.54, 1.807) is 0 Å². The second-order valence-electron chi connectivity index (χ2n) is 5.63. The smallest absolute Gasteiger partial charge is 0.302 e. The van der Waals surface area contributed by atoms with Crippen LogP contribution in [0.1, 0.15) is 53.4 Å². The highest BCUT2D eigenvalue weighted by Crippen LogP contribution is 2.45. The third kappa shape index (κ3) is 3.84. The molecule has 0 radical (unpaired) electrons. The van der Waals surface area contributed by atoms with Gasteiger partial charge in [-0.05, 0) is 46.2 Å². The molecule has 0 saturated carbocycles. The third-order valence-electron chi connectivity index (χ3n) is 4.21. The first-order chi connectivity index (χ1) is 8.41. The molecule has 1 heterocycles. The van der Waals surface area contributed by atoms with Crippen molar-refractivity contribution in [2.24, 2.45) is 0 Å². The Morgan fingerprint density at radius 3 is 2.67 bits per heavy atom. The van der Waals surface area contributed by atoms with Crippen molar-refractivity contribution in [2.75, 3.05) is 13.7 Å². The molecule has 1 rings (SSSR count). The van der Waals surface area contributed by atoms with Gasteiger partial charge in [0.1, 0.15) is 6.61 Å². The Balaban J connectivity index is 2.27. The molecule has 1 aliphatic rings. The minimum Gasteiger partial charge on any atom is -0.462 e. The van der Waals surface area contributed by atoms with Crippen molar-refractivity contribution < 1.29 is 9.53 Å². The molecule has 3 nitrogen and oxygen atoms in total. The van der Waals surface area contributed by atoms with Crippen LogP contribution in [0.15, 0.2) is 11.6 Å². The highest BCUT2D eigenvalue weighted by molar-refractivity contribution is 5.66. The molecule has 0 spiro atoms. The number of rotatable bonds is 7. The fourth-order valence-corrected chi connectivity index (χ4v) is 2.81. The van der Waals surface area contributed by atoms with E-state index in [1.165, 1.54) is 31.8 Å². The van der Waals surface area contributed by atoms with Gasteiger partial charge in [0.15, 0.2) is 0 Å². The molecule has 1 fully saturated rings. The average molecular weight is 253 g/mol. The molecular weight excluding hydrogens is 226 g/mol. The zero-order chi connectivity index (χ0) is 13.8. The largest absolute Gasteiger partial charge is 0.462 e. The highest BCUT2D eigenvalue weighted by atomic mass is 16.5. The van der Waals surface area contributed by atoms with Crippen LogP contribution < -0.4 is 0 Å². The van der Waals surface area contributed by atoms with Crippen molar-refractivity contribution in [3.05, 3.63) is 11.6 Å². The van der Waals surface area contributed by atoms with Gasteiger partial charge in [-0.3, -0.25) is 9.69 Å². The summed E-state index contributed by atoms with van der Waals surface area (Å²) >= 11 is 0. The predicted molar refractivity (Wildman–Crippen MR) is 74.5 cm³/mol. The lowest BCUT2D eigenvalue weighted by molar-refractivity contribution is -0.139. The monoisotopic (exact) mass is 253 g/mol. The lowest BCUT2D eigenvalue weighted by atomic mass is 9.97. The Kier molecular flexibility index (Phi) is 5.39. The van der Waals surface area contributed by atoms with Crippen LogP contribution in [-0.2, 0) is 9.53 Å². The molecule has 1 aliphatic heterocycles. The Hall–Kier alpha value is -0.830. The molecule has 0 amide bonds. The van der Waals surface area contributed by atoms with Gasteiger partial charge in [-0.25, -0.2) is 0 Å². The van der Waals surface area contributed by atoms with Gasteiger partial charge >= 0.3 is 5.97 Å². The van der Waals surface area contributed by atoms with E-state index >= 15 is 0 Å². The number of esters is 1. The van der Waals surface area contributed by atoms with Crippen molar-refractivity contribution >= 4 is 5.97 Å². The second kappa shape index (κ2) is 6.37. The number of hydrogen-bond donors (Lipinski definition) is 0. The van der Waals surface area contributed by atoms with E-state index < -0.39 is 0 Å². The number of nitrogens with zero attached hydrogens (tertiary/aromatic N) is 1. The summed E-state index contributed by atoms with van der Waals surface area (Å²) in [5.41, 5.74) is 1.74. The maximum Gasteiger partial charge on any atom is 0.302 e. The molecule has 104 valence electrons. The highest BCUT2D eigenvalue weighted by Gasteiger charge is 2.54. The van der Waals surface area contributed by atoms with Crippen molar-refractivity contribution in [3.8, 4) is 0 Å². The van der Waals surface area contributed by atoms with Crippen LogP contribution in [0.4, 0.5) is 0 Å². The van der Waals surface area contributed by atoms with Gasteiger partial charge in [-0.2, -0.15) is 0 Å². The van der Waals surface area contributed by atoms with E-state index in [-0.39, 0.29) is 5.97 Å². The first-order valence-electron chi connectivity index (χ1n) is 6.93. The molecule has 0 aliphatic carbocycles. The minimum atomic E-state index is -0.212. The van der Waals surface area contributed by atoms with Crippen molar-refractivity contribution in [1.29, 1.82) is 0 Å². The van der Waals surface area contributed by atoms with E-state index in [0.29, 0.717) is 12.1 Å². The van der Waals surface area contributed by atoms with Crippen molar-refractivity contribution in [1.82, 2.24) is 4.90 Å². The van der Waals surface area contributed by atoms with Crippen LogP contribution in [0.3, 0.4) is 0 Å².